The van der Waals surface area contributed by atoms with Gasteiger partial charge in [-0.3, -0.25) is 9.59 Å². The van der Waals surface area contributed by atoms with Gasteiger partial charge in [0.1, 0.15) is 12.2 Å². The third-order valence-corrected chi connectivity index (χ3v) is 8.65. The Morgan fingerprint density at radius 1 is 1.23 bits per heavy atom. The maximum absolute atomic E-state index is 12.4. The molecule has 0 saturated heterocycles. The van der Waals surface area contributed by atoms with Gasteiger partial charge in [0.2, 0.25) is 0 Å². The molecule has 4 aliphatic carbocycles. The van der Waals surface area contributed by atoms with Gasteiger partial charge in [-0.25, -0.2) is 0 Å². The summed E-state index contributed by atoms with van der Waals surface area (Å²) in [6, 6.07) is 0. The van der Waals surface area contributed by atoms with Crippen molar-refractivity contribution in [2.24, 2.45) is 28.6 Å². The molecule has 0 amide bonds. The lowest BCUT2D eigenvalue weighted by Gasteiger charge is -2.60. The van der Waals surface area contributed by atoms with Crippen LogP contribution in [0.1, 0.15) is 58.8 Å². The van der Waals surface area contributed by atoms with E-state index in [0.717, 1.165) is 25.7 Å². The van der Waals surface area contributed by atoms with Gasteiger partial charge in [-0.05, 0) is 67.8 Å². The number of carbonyl (C=O) groups excluding carboxylic acids is 2. The second kappa shape index (κ2) is 5.73. The molecule has 4 aliphatic rings. The first kappa shape index (κ1) is 18.3. The molecule has 7 atom stereocenters. The molecule has 0 aromatic carbocycles. The van der Waals surface area contributed by atoms with E-state index in [0.29, 0.717) is 19.3 Å². The number of aliphatic hydroxyl groups excluding tert-OH is 2. The zero-order valence-corrected chi connectivity index (χ0v) is 15.7. The fourth-order valence-corrected chi connectivity index (χ4v) is 7.28. The van der Waals surface area contributed by atoms with Crippen molar-refractivity contribution in [3.63, 3.8) is 0 Å². The van der Waals surface area contributed by atoms with E-state index in [1.807, 2.05) is 6.92 Å². The van der Waals surface area contributed by atoms with Gasteiger partial charge in [-0.1, -0.05) is 19.4 Å². The number of hydrogen-bond donors (Lipinski definition) is 3. The largest absolute Gasteiger partial charge is 0.393 e. The average Bonchev–Trinajstić information content (AvgIpc) is 2.86. The van der Waals surface area contributed by atoms with Crippen LogP contribution < -0.4 is 0 Å². The molecule has 0 spiro atoms. The highest BCUT2D eigenvalue weighted by molar-refractivity contribution is 5.91. The van der Waals surface area contributed by atoms with Crippen molar-refractivity contribution in [1.82, 2.24) is 0 Å². The predicted molar refractivity (Wildman–Crippen MR) is 95.1 cm³/mol. The molecule has 0 aromatic heterocycles. The molecule has 144 valence electrons. The number of fused-ring (bicyclic) bond motifs is 5. The quantitative estimate of drug-likeness (QED) is 0.696. The van der Waals surface area contributed by atoms with Crippen molar-refractivity contribution in [3.8, 4) is 0 Å². The minimum atomic E-state index is -1.54. The van der Waals surface area contributed by atoms with Crippen molar-refractivity contribution < 1.29 is 24.9 Å². The van der Waals surface area contributed by atoms with E-state index in [1.54, 1.807) is 6.08 Å². The lowest BCUT2D eigenvalue weighted by Crippen LogP contribution is -2.62. The van der Waals surface area contributed by atoms with E-state index in [2.05, 4.69) is 6.92 Å². The first-order valence-electron chi connectivity index (χ1n) is 9.96. The maximum Gasteiger partial charge on any atom is 0.190 e. The Kier molecular flexibility index (Phi) is 4.04. The Labute approximate surface area is 154 Å². The van der Waals surface area contributed by atoms with Crippen LogP contribution in [0.25, 0.3) is 0 Å². The molecular formula is C21H30O5. The topological polar surface area (TPSA) is 94.8 Å². The van der Waals surface area contributed by atoms with Crippen LogP contribution in [-0.4, -0.2) is 45.2 Å². The van der Waals surface area contributed by atoms with Gasteiger partial charge >= 0.3 is 0 Å². The standard InChI is InChI=1S/C21H30O5/c1-19-7-5-13(23)9-12(19)3-4-14-15-6-8-21(26,17(25)11-22)20(15,2)10-16(24)18(14)19/h9,14-16,18,22,24,26H,3-8,10-11H2,1-2H3/t14-,15-,16-,18-,19+,20-,21+/m1/s1. The van der Waals surface area contributed by atoms with Gasteiger partial charge in [0.05, 0.1) is 6.10 Å². The van der Waals surface area contributed by atoms with Gasteiger partial charge in [0.25, 0.3) is 0 Å². The number of allylic oxidation sites excluding steroid dienone is 1. The van der Waals surface area contributed by atoms with Crippen molar-refractivity contribution in [2.45, 2.75) is 70.5 Å². The highest BCUT2D eigenvalue weighted by atomic mass is 16.3. The minimum Gasteiger partial charge on any atom is -0.393 e. The van der Waals surface area contributed by atoms with Gasteiger partial charge in [0.15, 0.2) is 11.6 Å². The molecule has 0 bridgehead atoms. The number of aliphatic hydroxyl groups is 3. The van der Waals surface area contributed by atoms with Crippen LogP contribution in [-0.2, 0) is 9.59 Å². The number of carbonyl (C=O) groups is 2. The summed E-state index contributed by atoms with van der Waals surface area (Å²) in [5.41, 5.74) is -1.23. The van der Waals surface area contributed by atoms with Crippen molar-refractivity contribution in [1.29, 1.82) is 0 Å². The lowest BCUT2D eigenvalue weighted by molar-refractivity contribution is -0.182. The third kappa shape index (κ3) is 2.14. The lowest BCUT2D eigenvalue weighted by atomic mass is 9.45. The second-order valence-corrected chi connectivity index (χ2v) is 9.56. The van der Waals surface area contributed by atoms with E-state index in [-0.39, 0.29) is 29.0 Å². The van der Waals surface area contributed by atoms with Gasteiger partial charge < -0.3 is 15.3 Å². The van der Waals surface area contributed by atoms with Crippen LogP contribution in [0, 0.1) is 28.6 Å². The Balaban J connectivity index is 1.74. The number of hydrogen-bond acceptors (Lipinski definition) is 5. The Morgan fingerprint density at radius 2 is 1.96 bits per heavy atom. The van der Waals surface area contributed by atoms with E-state index in [9.17, 15) is 24.9 Å². The fraction of sp³-hybridized carbons (Fsp3) is 0.810. The summed E-state index contributed by atoms with van der Waals surface area (Å²) in [4.78, 5) is 24.3. The molecule has 0 unspecified atom stereocenters. The Morgan fingerprint density at radius 3 is 2.65 bits per heavy atom. The molecule has 0 aromatic rings. The summed E-state index contributed by atoms with van der Waals surface area (Å²) in [5.74, 6) is 0.140. The zero-order valence-electron chi connectivity index (χ0n) is 15.7. The fourth-order valence-electron chi connectivity index (χ4n) is 7.28. The molecule has 3 saturated carbocycles. The molecule has 0 aliphatic heterocycles. The first-order valence-corrected chi connectivity index (χ1v) is 9.96. The average molecular weight is 362 g/mol. The monoisotopic (exact) mass is 362 g/mol. The van der Waals surface area contributed by atoms with E-state index >= 15 is 0 Å². The van der Waals surface area contributed by atoms with Crippen LogP contribution in [0.3, 0.4) is 0 Å². The summed E-state index contributed by atoms with van der Waals surface area (Å²) < 4.78 is 0. The number of ketones is 2. The third-order valence-electron chi connectivity index (χ3n) is 8.65. The summed E-state index contributed by atoms with van der Waals surface area (Å²) in [6.07, 6.45) is 5.74. The van der Waals surface area contributed by atoms with Crippen molar-refractivity contribution >= 4 is 11.6 Å². The van der Waals surface area contributed by atoms with E-state index in [1.165, 1.54) is 5.57 Å². The smallest absolute Gasteiger partial charge is 0.190 e. The van der Waals surface area contributed by atoms with Crippen LogP contribution in [0.4, 0.5) is 0 Å². The summed E-state index contributed by atoms with van der Waals surface area (Å²) >= 11 is 0. The molecule has 0 radical (unpaired) electrons. The van der Waals surface area contributed by atoms with Crippen LogP contribution in [0.2, 0.25) is 0 Å². The van der Waals surface area contributed by atoms with Gasteiger partial charge in [-0.15, -0.1) is 0 Å². The van der Waals surface area contributed by atoms with Crippen molar-refractivity contribution in [3.05, 3.63) is 11.6 Å². The van der Waals surface area contributed by atoms with Gasteiger partial charge in [0, 0.05) is 11.8 Å². The van der Waals surface area contributed by atoms with Crippen LogP contribution >= 0.6 is 0 Å². The van der Waals surface area contributed by atoms with E-state index < -0.39 is 29.5 Å². The summed E-state index contributed by atoms with van der Waals surface area (Å²) in [5, 5.41) is 31.7. The molecule has 3 N–H and O–H groups in total. The normalized spacial score (nSPS) is 50.5. The summed E-state index contributed by atoms with van der Waals surface area (Å²) in [7, 11) is 0. The zero-order chi connectivity index (χ0) is 18.9. The second-order valence-electron chi connectivity index (χ2n) is 9.56. The highest BCUT2D eigenvalue weighted by Crippen LogP contribution is 2.67. The Hall–Kier alpha value is -1.04. The summed E-state index contributed by atoms with van der Waals surface area (Å²) in [6.45, 7) is 3.46. The predicted octanol–water partition coefficient (Wildman–Crippen LogP) is 1.78. The Bertz CT molecular complexity index is 684. The number of rotatable bonds is 2. The van der Waals surface area contributed by atoms with Crippen LogP contribution in [0.15, 0.2) is 11.6 Å². The first-order chi connectivity index (χ1) is 12.2. The molecule has 4 rings (SSSR count). The SMILES string of the molecule is C[C@]12CCC(=O)C=C1CC[C@H]1[C@@H]2[C@H](O)C[C@]2(C)[C@@H]1CC[C@]2(O)C(=O)CO. The molecule has 5 nitrogen and oxygen atoms in total. The molecule has 5 heteroatoms. The molecule has 3 fully saturated rings. The number of Topliss-reactive ketones (excluding diaryl/α,β-unsaturated/α-hetero) is 1. The molecular weight excluding hydrogens is 332 g/mol. The minimum absolute atomic E-state index is 0.0697. The maximum atomic E-state index is 12.4. The van der Waals surface area contributed by atoms with Gasteiger partial charge in [-0.2, -0.15) is 0 Å². The van der Waals surface area contributed by atoms with Crippen molar-refractivity contribution in [2.75, 3.05) is 6.61 Å². The molecule has 26 heavy (non-hydrogen) atoms. The highest BCUT2D eigenvalue weighted by Gasteiger charge is 2.68. The molecule has 0 heterocycles. The van der Waals surface area contributed by atoms with E-state index in [4.69, 9.17) is 0 Å². The van der Waals surface area contributed by atoms with Crippen LogP contribution in [0.5, 0.6) is 0 Å².